The van der Waals surface area contributed by atoms with Gasteiger partial charge in [0.25, 0.3) is 0 Å². The Labute approximate surface area is 132 Å². The SMILES string of the molecule is Cc1nc(C)n(C[C@@H]2CN(Cc3nnsc3Cl)CCO2)n1. The van der Waals surface area contributed by atoms with Crippen molar-refractivity contribution in [3.8, 4) is 0 Å². The van der Waals surface area contributed by atoms with Crippen LogP contribution in [0.15, 0.2) is 0 Å². The highest BCUT2D eigenvalue weighted by Crippen LogP contribution is 2.20. The van der Waals surface area contributed by atoms with Gasteiger partial charge in [-0.05, 0) is 13.8 Å². The molecule has 0 radical (unpaired) electrons. The molecule has 0 aromatic carbocycles. The van der Waals surface area contributed by atoms with E-state index in [0.717, 1.165) is 30.4 Å². The first kappa shape index (κ1) is 14.8. The van der Waals surface area contributed by atoms with Crippen molar-refractivity contribution in [2.75, 3.05) is 19.7 Å². The van der Waals surface area contributed by atoms with Gasteiger partial charge in [-0.3, -0.25) is 4.90 Å². The highest BCUT2D eigenvalue weighted by molar-refractivity contribution is 7.10. The van der Waals surface area contributed by atoms with Gasteiger partial charge in [0.2, 0.25) is 0 Å². The summed E-state index contributed by atoms with van der Waals surface area (Å²) in [6, 6.07) is 0. The van der Waals surface area contributed by atoms with E-state index in [1.54, 1.807) is 0 Å². The van der Waals surface area contributed by atoms with E-state index in [2.05, 4.69) is 24.6 Å². The Morgan fingerprint density at radius 3 is 2.95 bits per heavy atom. The normalized spacial score (nSPS) is 20.0. The summed E-state index contributed by atoms with van der Waals surface area (Å²) < 4.78 is 12.3. The minimum Gasteiger partial charge on any atom is -0.374 e. The third-order valence-electron chi connectivity index (χ3n) is 3.44. The van der Waals surface area contributed by atoms with Crippen molar-refractivity contribution in [2.24, 2.45) is 0 Å². The lowest BCUT2D eigenvalue weighted by molar-refractivity contribution is -0.0408. The summed E-state index contributed by atoms with van der Waals surface area (Å²) in [4.78, 5) is 6.60. The molecule has 1 saturated heterocycles. The van der Waals surface area contributed by atoms with Crippen LogP contribution in [0.4, 0.5) is 0 Å². The minimum atomic E-state index is 0.101. The van der Waals surface area contributed by atoms with Gasteiger partial charge >= 0.3 is 0 Å². The van der Waals surface area contributed by atoms with Crippen molar-refractivity contribution < 1.29 is 4.74 Å². The van der Waals surface area contributed by atoms with Gasteiger partial charge in [-0.2, -0.15) is 5.10 Å². The maximum atomic E-state index is 6.06. The lowest BCUT2D eigenvalue weighted by Gasteiger charge is -2.32. The van der Waals surface area contributed by atoms with Crippen LogP contribution in [-0.2, 0) is 17.8 Å². The van der Waals surface area contributed by atoms with E-state index >= 15 is 0 Å². The van der Waals surface area contributed by atoms with Gasteiger partial charge in [-0.25, -0.2) is 9.67 Å². The topological polar surface area (TPSA) is 69.0 Å². The first-order valence-corrected chi connectivity index (χ1v) is 7.95. The molecule has 0 N–H and O–H groups in total. The zero-order valence-electron chi connectivity index (χ0n) is 12.0. The van der Waals surface area contributed by atoms with Gasteiger partial charge in [-0.1, -0.05) is 16.1 Å². The zero-order chi connectivity index (χ0) is 14.8. The molecule has 9 heteroatoms. The van der Waals surface area contributed by atoms with Crippen molar-refractivity contribution in [3.63, 3.8) is 0 Å². The number of nitrogens with zero attached hydrogens (tertiary/aromatic N) is 6. The summed E-state index contributed by atoms with van der Waals surface area (Å²) in [6.45, 7) is 7.69. The molecule has 0 saturated carbocycles. The molecule has 1 fully saturated rings. The van der Waals surface area contributed by atoms with Crippen LogP contribution in [0.1, 0.15) is 17.3 Å². The Morgan fingerprint density at radius 1 is 1.43 bits per heavy atom. The van der Waals surface area contributed by atoms with E-state index in [0.29, 0.717) is 24.0 Å². The lowest BCUT2D eigenvalue weighted by atomic mass is 10.2. The number of aromatic nitrogens is 5. The van der Waals surface area contributed by atoms with Gasteiger partial charge in [-0.15, -0.1) is 5.10 Å². The third kappa shape index (κ3) is 3.57. The minimum absolute atomic E-state index is 0.101. The van der Waals surface area contributed by atoms with Crippen LogP contribution in [-0.4, -0.2) is 55.1 Å². The number of hydrogen-bond acceptors (Lipinski definition) is 7. The molecule has 1 aliphatic heterocycles. The maximum absolute atomic E-state index is 6.06. The van der Waals surface area contributed by atoms with Gasteiger partial charge in [0.1, 0.15) is 21.7 Å². The zero-order valence-corrected chi connectivity index (χ0v) is 13.6. The number of morpholine rings is 1. The summed E-state index contributed by atoms with van der Waals surface area (Å²) >= 11 is 7.29. The van der Waals surface area contributed by atoms with Crippen LogP contribution >= 0.6 is 23.1 Å². The van der Waals surface area contributed by atoms with Crippen LogP contribution in [0, 0.1) is 13.8 Å². The fourth-order valence-electron chi connectivity index (χ4n) is 2.46. The Morgan fingerprint density at radius 2 is 2.29 bits per heavy atom. The first-order chi connectivity index (χ1) is 10.1. The standard InChI is InChI=1S/C12H17ClN6OS/c1-8-14-9(2)19(16-8)6-10-5-18(3-4-20-10)7-11-12(13)21-17-15-11/h10H,3-7H2,1-2H3/t10-/m0/s1. The summed E-state index contributed by atoms with van der Waals surface area (Å²) in [5, 5.41) is 8.45. The monoisotopic (exact) mass is 328 g/mol. The number of halogens is 1. The summed E-state index contributed by atoms with van der Waals surface area (Å²) in [5.41, 5.74) is 0.843. The smallest absolute Gasteiger partial charge is 0.147 e. The number of ether oxygens (including phenoxy) is 1. The van der Waals surface area contributed by atoms with Crippen LogP contribution < -0.4 is 0 Å². The van der Waals surface area contributed by atoms with E-state index in [4.69, 9.17) is 16.3 Å². The molecule has 3 rings (SSSR count). The number of rotatable bonds is 4. The Hall–Kier alpha value is -1.09. The van der Waals surface area contributed by atoms with Crippen LogP contribution in [0.2, 0.25) is 4.34 Å². The van der Waals surface area contributed by atoms with Crippen LogP contribution in [0.3, 0.4) is 0 Å². The Kier molecular flexibility index (Phi) is 4.48. The Balaban J connectivity index is 1.60. The van der Waals surface area contributed by atoms with Crippen molar-refractivity contribution in [3.05, 3.63) is 21.7 Å². The molecule has 1 atom stereocenters. The van der Waals surface area contributed by atoms with E-state index in [1.165, 1.54) is 11.5 Å². The number of aryl methyl sites for hydroxylation is 2. The van der Waals surface area contributed by atoms with Gasteiger partial charge < -0.3 is 4.74 Å². The largest absolute Gasteiger partial charge is 0.374 e. The second kappa shape index (κ2) is 6.35. The predicted molar refractivity (Wildman–Crippen MR) is 79.4 cm³/mol. The molecule has 0 aliphatic carbocycles. The summed E-state index contributed by atoms with van der Waals surface area (Å²) in [7, 11) is 0. The van der Waals surface area contributed by atoms with Crippen LogP contribution in [0.5, 0.6) is 0 Å². The van der Waals surface area contributed by atoms with E-state index in [-0.39, 0.29) is 6.10 Å². The molecule has 2 aromatic rings. The van der Waals surface area contributed by atoms with Gasteiger partial charge in [0.05, 0.1) is 19.3 Å². The summed E-state index contributed by atoms with van der Waals surface area (Å²) in [6.07, 6.45) is 0.101. The molecule has 0 bridgehead atoms. The maximum Gasteiger partial charge on any atom is 0.147 e. The lowest BCUT2D eigenvalue weighted by Crippen LogP contribution is -2.44. The molecule has 0 amide bonds. The molecular weight excluding hydrogens is 312 g/mol. The molecule has 2 aromatic heterocycles. The Bertz CT molecular complexity index is 615. The molecular formula is C12H17ClN6OS. The van der Waals surface area contributed by atoms with Crippen molar-refractivity contribution in [1.29, 1.82) is 0 Å². The van der Waals surface area contributed by atoms with E-state index < -0.39 is 0 Å². The van der Waals surface area contributed by atoms with Crippen LogP contribution in [0.25, 0.3) is 0 Å². The highest BCUT2D eigenvalue weighted by Gasteiger charge is 2.23. The molecule has 114 valence electrons. The first-order valence-electron chi connectivity index (χ1n) is 6.80. The second-order valence-corrected chi connectivity index (χ2v) is 6.47. The molecule has 21 heavy (non-hydrogen) atoms. The molecule has 0 unspecified atom stereocenters. The average molecular weight is 329 g/mol. The second-order valence-electron chi connectivity index (χ2n) is 5.11. The third-order valence-corrected chi connectivity index (χ3v) is 4.43. The molecule has 1 aliphatic rings. The van der Waals surface area contributed by atoms with Gasteiger partial charge in [0, 0.05) is 31.2 Å². The highest BCUT2D eigenvalue weighted by atomic mass is 35.5. The van der Waals surface area contributed by atoms with E-state index in [9.17, 15) is 0 Å². The number of hydrogen-bond donors (Lipinski definition) is 0. The molecule has 3 heterocycles. The fraction of sp³-hybridized carbons (Fsp3) is 0.667. The van der Waals surface area contributed by atoms with Crippen molar-refractivity contribution >= 4 is 23.1 Å². The predicted octanol–water partition coefficient (Wildman–Crippen LogP) is 1.30. The van der Waals surface area contributed by atoms with Gasteiger partial charge in [0.15, 0.2) is 0 Å². The molecule has 7 nitrogen and oxygen atoms in total. The average Bonchev–Trinajstić information content (AvgIpc) is 2.97. The van der Waals surface area contributed by atoms with Crippen molar-refractivity contribution in [1.82, 2.24) is 29.3 Å². The summed E-state index contributed by atoms with van der Waals surface area (Å²) in [5.74, 6) is 1.71. The van der Waals surface area contributed by atoms with Crippen molar-refractivity contribution in [2.45, 2.75) is 33.0 Å². The quantitative estimate of drug-likeness (QED) is 0.842. The molecule has 0 spiro atoms. The fourth-order valence-corrected chi connectivity index (χ4v) is 3.08. The van der Waals surface area contributed by atoms with E-state index in [1.807, 2.05) is 18.5 Å².